The lowest BCUT2D eigenvalue weighted by Gasteiger charge is -2.16. The van der Waals surface area contributed by atoms with Gasteiger partial charge in [0.1, 0.15) is 0 Å². The smallest absolute Gasteiger partial charge is 0.188 e. The number of nitrogens with zero attached hydrogens (tertiary/aromatic N) is 10. The number of pyridine rings is 4. The zero-order chi connectivity index (χ0) is 96.3. The third-order valence-corrected chi connectivity index (χ3v) is 29.0. The fourth-order valence-corrected chi connectivity index (χ4v) is 22.4. The zero-order valence-corrected chi connectivity index (χ0v) is 78.2. The first-order valence-electron chi connectivity index (χ1n) is 48.7. The van der Waals surface area contributed by atoms with Crippen LogP contribution in [0.3, 0.4) is 0 Å². The molecule has 0 amide bonds. The summed E-state index contributed by atoms with van der Waals surface area (Å²) in [7, 11) is 0. The van der Waals surface area contributed by atoms with E-state index in [9.17, 15) is 10.5 Å². The maximum atomic E-state index is 9.78. The van der Waals surface area contributed by atoms with Crippen LogP contribution in [0, 0.1) is 29.2 Å². The Bertz CT molecular complexity index is 10200. The van der Waals surface area contributed by atoms with Gasteiger partial charge in [-0.15, -0.1) is 0 Å². The van der Waals surface area contributed by atoms with E-state index in [1.807, 2.05) is 79.0 Å². The molecule has 0 unspecified atom stereocenters. The Morgan fingerprint density at radius 3 is 1.10 bits per heavy atom. The van der Waals surface area contributed by atoms with Gasteiger partial charge in [-0.05, 0) is 263 Å². The van der Waals surface area contributed by atoms with Gasteiger partial charge in [0.15, 0.2) is 5.69 Å². The molecule has 0 atom stereocenters. The van der Waals surface area contributed by atoms with Crippen LogP contribution in [0.25, 0.3) is 274 Å². The molecule has 0 spiro atoms. The first-order chi connectivity index (χ1) is 71.8. The predicted octanol–water partition coefficient (Wildman–Crippen LogP) is 35.4. The van der Waals surface area contributed by atoms with Gasteiger partial charge in [0.2, 0.25) is 0 Å². The van der Waals surface area contributed by atoms with Crippen molar-refractivity contribution in [3.63, 3.8) is 0 Å². The molecule has 10 nitrogen and oxygen atoms in total. The van der Waals surface area contributed by atoms with Crippen molar-refractivity contribution >= 4 is 179 Å². The quantitative estimate of drug-likeness (QED) is 0.0994. The monoisotopic (exact) mass is 1840 g/mol. The second-order valence-electron chi connectivity index (χ2n) is 37.1. The van der Waals surface area contributed by atoms with E-state index in [1.165, 1.54) is 64.8 Å². The van der Waals surface area contributed by atoms with Crippen molar-refractivity contribution in [2.24, 2.45) is 0 Å². The second kappa shape index (κ2) is 34.8. The van der Waals surface area contributed by atoms with Crippen LogP contribution in [0.2, 0.25) is 0 Å². The number of hydrogen-bond acceptors (Lipinski definition) is 6. The highest BCUT2D eigenvalue weighted by atomic mass is 15.0. The van der Waals surface area contributed by atoms with Crippen LogP contribution in [0.5, 0.6) is 0 Å². The summed E-state index contributed by atoms with van der Waals surface area (Å²) in [6.07, 6.45) is 3.69. The number of fused-ring (bicyclic) bond motifs is 25. The van der Waals surface area contributed by atoms with Crippen molar-refractivity contribution in [3.8, 4) is 107 Å². The van der Waals surface area contributed by atoms with Gasteiger partial charge in [-0.25, -0.2) is 19.8 Å². The molecule has 145 heavy (non-hydrogen) atoms. The van der Waals surface area contributed by atoms with Crippen LogP contribution in [0.15, 0.2) is 486 Å². The maximum absolute atomic E-state index is 9.78. The van der Waals surface area contributed by atoms with Crippen LogP contribution in [0.1, 0.15) is 11.1 Å². The summed E-state index contributed by atoms with van der Waals surface area (Å²) < 4.78 is 6.86. The van der Waals surface area contributed by atoms with E-state index in [2.05, 4.69) is 436 Å². The second-order valence-corrected chi connectivity index (χ2v) is 37.1. The van der Waals surface area contributed by atoms with Gasteiger partial charge < -0.3 is 13.7 Å². The minimum Gasteiger partial charge on any atom is -0.309 e. The molecule has 22 aromatic carbocycles. The summed E-state index contributed by atoms with van der Waals surface area (Å²) in [5, 5.41) is 46.2. The molecular formula is C135H80N10. The number of aromatic nitrogens is 7. The Labute approximate surface area is 833 Å². The number of benzene rings is 22. The molecule has 0 aliphatic carbocycles. The Morgan fingerprint density at radius 1 is 0.214 bits per heavy atom. The Morgan fingerprint density at radius 2 is 0.566 bits per heavy atom. The predicted molar refractivity (Wildman–Crippen MR) is 602 cm³/mol. The standard InChI is InChI=1S/C52H31N3.C42H25N3.C41H24N4/c1-53-41-24-28-50-47(32-41)46-30-39(23-27-49(46)55(50)42-12-3-2-4-13-42)34-15-18-36(19-16-34)52-45-26-21-35-10-7-8-14-43(35)51(45)44-25-22-40(31-48(44)54-52)38-20-17-33-9-5-6-11-37(33)29-38;43-26-27-19-21-39-35(23-27)36-24-29(20-22-40(36)45(39)30-13-5-2-6-14-30)34-25-37-41(32-16-8-7-15-31(32)34)33-17-9-10-18-38(33)44-42(37)28-11-3-1-4-12-28;42-24-26-16-18-38-34(21-26)35-22-27(17-19-39(35)45(38)29-10-2-1-3-11-29)33-23-36-40(31-13-5-4-12-30(31)33)32-14-6-7-15-37(32)44-41(36)28-9-8-20-43-25-28/h2-32H;1-25H;1-23,25H. The summed E-state index contributed by atoms with van der Waals surface area (Å²) in [6.45, 7) is 7.69. The first-order valence-corrected chi connectivity index (χ1v) is 48.7. The average Bonchev–Trinajstić information content (AvgIpc) is 1.37. The molecule has 29 rings (SSSR count). The lowest BCUT2D eigenvalue weighted by atomic mass is 9.89. The van der Waals surface area contributed by atoms with Crippen molar-refractivity contribution in [3.05, 3.63) is 508 Å². The third kappa shape index (κ3) is 14.3. The molecule has 7 aromatic heterocycles. The fourth-order valence-electron chi connectivity index (χ4n) is 22.4. The average molecular weight is 1840 g/mol. The summed E-state index contributed by atoms with van der Waals surface area (Å²) in [6, 6.07) is 171. The summed E-state index contributed by atoms with van der Waals surface area (Å²) in [4.78, 5) is 24.0. The Balaban J connectivity index is 0.000000109. The molecule has 0 saturated carbocycles. The summed E-state index contributed by atoms with van der Waals surface area (Å²) in [5.74, 6) is 0. The Kier molecular flexibility index (Phi) is 20.2. The molecule has 0 fully saturated rings. The molecule has 7 heterocycles. The minimum atomic E-state index is 0.640. The molecule has 0 aliphatic rings. The van der Waals surface area contributed by atoms with Crippen molar-refractivity contribution in [1.82, 2.24) is 33.6 Å². The topological polar surface area (TPSA) is 118 Å². The normalized spacial score (nSPS) is 11.6. The van der Waals surface area contributed by atoms with Gasteiger partial charge in [0.25, 0.3) is 0 Å². The molecule has 670 valence electrons. The van der Waals surface area contributed by atoms with E-state index >= 15 is 0 Å². The van der Waals surface area contributed by atoms with Gasteiger partial charge in [-0.1, -0.05) is 303 Å². The highest BCUT2D eigenvalue weighted by molar-refractivity contribution is 6.29. The molecule has 10 heteroatoms. The van der Waals surface area contributed by atoms with Gasteiger partial charge in [0, 0.05) is 122 Å². The first kappa shape index (κ1) is 84.2. The third-order valence-electron chi connectivity index (χ3n) is 29.0. The number of nitriles is 2. The van der Waals surface area contributed by atoms with Gasteiger partial charge in [-0.2, -0.15) is 10.5 Å². The number of rotatable bonds is 10. The van der Waals surface area contributed by atoms with Crippen LogP contribution >= 0.6 is 0 Å². The molecule has 0 radical (unpaired) electrons. The molecule has 29 aromatic rings. The highest BCUT2D eigenvalue weighted by Gasteiger charge is 2.25. The van der Waals surface area contributed by atoms with Crippen molar-refractivity contribution in [2.45, 2.75) is 0 Å². The SMILES string of the molecule is N#Cc1ccc2c(c1)c1cc(-c3cc4c(-c5ccccc5)nc5ccccc5c4c4ccccc34)ccc1n2-c1ccccc1.N#Cc1ccc2c(c1)c1cc(-c3cc4c(-c5cccnc5)nc5ccccc5c4c4ccccc34)ccc1n2-c1ccccc1.[C-]#[N+]c1ccc2c(c1)c1cc(-c3ccc(-c4nc5cc(-c6ccc7ccccc7c6)ccc5c5c4ccc4ccccc45)cc3)ccc1n2-c1ccccc1. The maximum Gasteiger partial charge on any atom is 0.188 e. The van der Waals surface area contributed by atoms with Crippen LogP contribution in [-0.4, -0.2) is 33.6 Å². The zero-order valence-electron chi connectivity index (χ0n) is 78.2. The lowest BCUT2D eigenvalue weighted by molar-refractivity contribution is 1.18. The van der Waals surface area contributed by atoms with Crippen LogP contribution < -0.4 is 0 Å². The van der Waals surface area contributed by atoms with E-state index in [1.54, 1.807) is 6.20 Å². The lowest BCUT2D eigenvalue weighted by Crippen LogP contribution is -1.94. The Hall–Kier alpha value is -20.1. The fraction of sp³-hybridized carbons (Fsp3) is 0. The summed E-state index contributed by atoms with van der Waals surface area (Å²) in [5.41, 5.74) is 29.9. The van der Waals surface area contributed by atoms with Crippen LogP contribution in [-0.2, 0) is 0 Å². The molecule has 0 bridgehead atoms. The molecule has 0 N–H and O–H groups in total. The van der Waals surface area contributed by atoms with E-state index < -0.39 is 0 Å². The van der Waals surface area contributed by atoms with E-state index in [0.29, 0.717) is 16.8 Å². The van der Waals surface area contributed by atoms with E-state index in [4.69, 9.17) is 21.5 Å². The molecular weight excluding hydrogens is 1760 g/mol. The largest absolute Gasteiger partial charge is 0.309 e. The van der Waals surface area contributed by atoms with E-state index in [-0.39, 0.29) is 0 Å². The van der Waals surface area contributed by atoms with Crippen molar-refractivity contribution in [1.29, 1.82) is 10.5 Å². The van der Waals surface area contributed by atoms with Crippen molar-refractivity contribution in [2.75, 3.05) is 0 Å². The van der Waals surface area contributed by atoms with E-state index in [0.717, 1.165) is 204 Å². The molecule has 0 saturated heterocycles. The van der Waals surface area contributed by atoms with Gasteiger partial charge >= 0.3 is 0 Å². The van der Waals surface area contributed by atoms with Gasteiger partial charge in [-0.3, -0.25) is 4.98 Å². The van der Waals surface area contributed by atoms with Crippen molar-refractivity contribution < 1.29 is 0 Å². The highest BCUT2D eigenvalue weighted by Crippen LogP contribution is 2.49. The summed E-state index contributed by atoms with van der Waals surface area (Å²) >= 11 is 0. The molecule has 0 aliphatic heterocycles. The minimum absolute atomic E-state index is 0.640. The van der Waals surface area contributed by atoms with Crippen LogP contribution in [0.4, 0.5) is 5.69 Å². The number of hydrogen-bond donors (Lipinski definition) is 0. The van der Waals surface area contributed by atoms with Gasteiger partial charge in [0.05, 0.1) is 96.6 Å². The number of para-hydroxylation sites is 5.